The minimum absolute atomic E-state index is 0. The monoisotopic (exact) mass is 321 g/mol. The Morgan fingerprint density at radius 1 is 1.32 bits per heavy atom. The zero-order valence-electron chi connectivity index (χ0n) is 13.2. The molecule has 1 aromatic heterocycles. The highest BCUT2D eigenvalue weighted by atomic mass is 35.5. The lowest BCUT2D eigenvalue weighted by Crippen LogP contribution is -2.49. The van der Waals surface area contributed by atoms with Gasteiger partial charge in [-0.3, -0.25) is 9.69 Å². The maximum absolute atomic E-state index is 11.9. The van der Waals surface area contributed by atoms with Gasteiger partial charge < -0.3 is 10.3 Å². The average Bonchev–Trinajstić information content (AvgIpc) is 2.49. The molecule has 3 rings (SSSR count). The van der Waals surface area contributed by atoms with Gasteiger partial charge in [-0.25, -0.2) is 0 Å². The van der Waals surface area contributed by atoms with Crippen LogP contribution in [0.15, 0.2) is 29.1 Å². The molecule has 0 aliphatic carbocycles. The van der Waals surface area contributed by atoms with Gasteiger partial charge in [0.25, 0.3) is 5.56 Å². The van der Waals surface area contributed by atoms with E-state index in [9.17, 15) is 4.79 Å². The third kappa shape index (κ3) is 3.51. The average molecular weight is 322 g/mol. The van der Waals surface area contributed by atoms with E-state index >= 15 is 0 Å². The molecule has 2 heterocycles. The fourth-order valence-electron chi connectivity index (χ4n) is 3.01. The number of halogens is 1. The topological polar surface area (TPSA) is 48.1 Å². The van der Waals surface area contributed by atoms with Crippen LogP contribution in [0.5, 0.6) is 0 Å². The van der Waals surface area contributed by atoms with Crippen molar-refractivity contribution < 1.29 is 0 Å². The van der Waals surface area contributed by atoms with E-state index in [1.165, 1.54) is 5.56 Å². The molecule has 2 aromatic rings. The summed E-state index contributed by atoms with van der Waals surface area (Å²) < 4.78 is 0. The van der Waals surface area contributed by atoms with Crippen molar-refractivity contribution in [1.82, 2.24) is 15.2 Å². The molecule has 0 bridgehead atoms. The predicted molar refractivity (Wildman–Crippen MR) is 93.9 cm³/mol. The molecule has 1 aromatic carbocycles. The number of aromatic nitrogens is 1. The molecule has 5 heteroatoms. The van der Waals surface area contributed by atoms with Gasteiger partial charge in [-0.05, 0) is 36.4 Å². The minimum atomic E-state index is 0. The van der Waals surface area contributed by atoms with Gasteiger partial charge in [0, 0.05) is 43.3 Å². The molecule has 4 nitrogen and oxygen atoms in total. The third-order valence-corrected chi connectivity index (χ3v) is 4.39. The smallest absolute Gasteiger partial charge is 0.251 e. The molecule has 22 heavy (non-hydrogen) atoms. The van der Waals surface area contributed by atoms with Crippen LogP contribution in [0, 0.1) is 0 Å². The molecule has 1 saturated heterocycles. The molecule has 0 spiro atoms. The molecule has 1 aliphatic rings. The highest BCUT2D eigenvalue weighted by molar-refractivity contribution is 5.85. The fourth-order valence-corrected chi connectivity index (χ4v) is 3.01. The zero-order chi connectivity index (χ0) is 14.8. The number of H-pyrrole nitrogens is 1. The highest BCUT2D eigenvalue weighted by Gasteiger charge is 2.17. The first-order chi connectivity index (χ1) is 10.2. The van der Waals surface area contributed by atoms with Gasteiger partial charge >= 0.3 is 0 Å². The number of pyridine rings is 1. The summed E-state index contributed by atoms with van der Waals surface area (Å²) in [4.78, 5) is 17.4. The molecule has 2 N–H and O–H groups in total. The van der Waals surface area contributed by atoms with Crippen LogP contribution in [0.2, 0.25) is 0 Å². The lowest BCUT2D eigenvalue weighted by Gasteiger charge is -2.33. The van der Waals surface area contributed by atoms with Gasteiger partial charge in [-0.15, -0.1) is 12.4 Å². The first-order valence-electron chi connectivity index (χ1n) is 7.77. The molecular weight excluding hydrogens is 298 g/mol. The number of nitrogens with zero attached hydrogens (tertiary/aromatic N) is 1. The summed E-state index contributed by atoms with van der Waals surface area (Å²) in [6, 6.07) is 8.97. The van der Waals surface area contributed by atoms with Crippen LogP contribution in [-0.4, -0.2) is 35.6 Å². The third-order valence-electron chi connectivity index (χ3n) is 4.39. The Morgan fingerprint density at radius 3 is 2.86 bits per heavy atom. The number of piperazine rings is 1. The molecule has 1 fully saturated rings. The number of nitrogens with one attached hydrogen (secondary N) is 2. The van der Waals surface area contributed by atoms with Gasteiger partial charge in [0.1, 0.15) is 0 Å². The molecule has 0 radical (unpaired) electrons. The Bertz CT molecular complexity index is 698. The van der Waals surface area contributed by atoms with Crippen LogP contribution in [0.1, 0.15) is 25.0 Å². The molecule has 0 saturated carbocycles. The second-order valence-corrected chi connectivity index (χ2v) is 5.92. The standard InChI is InChI=1S/C17H23N3O.ClH/c1-3-14-9-15-5-4-13(8-16(15)19-17(14)21)11-20-7-6-18-10-12(20)2;/h4-5,8-9,12,18H,3,6-7,10-11H2,1-2H3,(H,19,21);1H/t12-;/m0./s1. The van der Waals surface area contributed by atoms with E-state index in [2.05, 4.69) is 40.3 Å². The Kier molecular flexibility index (Phi) is 5.62. The number of benzene rings is 1. The quantitative estimate of drug-likeness (QED) is 0.912. The van der Waals surface area contributed by atoms with Crippen LogP contribution in [0.4, 0.5) is 0 Å². The maximum atomic E-state index is 11.9. The summed E-state index contributed by atoms with van der Waals surface area (Å²) in [6.07, 6.45) is 0.769. The lowest BCUT2D eigenvalue weighted by atomic mass is 10.1. The molecule has 1 atom stereocenters. The van der Waals surface area contributed by atoms with Crippen molar-refractivity contribution in [2.75, 3.05) is 19.6 Å². The largest absolute Gasteiger partial charge is 0.322 e. The first-order valence-corrected chi connectivity index (χ1v) is 7.77. The number of hydrogen-bond acceptors (Lipinski definition) is 3. The van der Waals surface area contributed by atoms with Gasteiger partial charge in [0.2, 0.25) is 0 Å². The lowest BCUT2D eigenvalue weighted by molar-refractivity contribution is 0.165. The van der Waals surface area contributed by atoms with E-state index in [4.69, 9.17) is 0 Å². The number of fused-ring (bicyclic) bond motifs is 1. The Morgan fingerprint density at radius 2 is 2.14 bits per heavy atom. The molecule has 1 aliphatic heterocycles. The number of aryl methyl sites for hydroxylation is 1. The van der Waals surface area contributed by atoms with E-state index in [1.54, 1.807) is 0 Å². The molecule has 120 valence electrons. The van der Waals surface area contributed by atoms with Crippen LogP contribution in [0.25, 0.3) is 10.9 Å². The van der Waals surface area contributed by atoms with Crippen molar-refractivity contribution in [3.05, 3.63) is 45.7 Å². The van der Waals surface area contributed by atoms with Gasteiger partial charge in [-0.2, -0.15) is 0 Å². The van der Waals surface area contributed by atoms with Crippen LogP contribution in [-0.2, 0) is 13.0 Å². The SMILES string of the molecule is CCc1cc2ccc(CN3CCNC[C@@H]3C)cc2[nH]c1=O.Cl. The Balaban J connectivity index is 0.00000176. The van der Waals surface area contributed by atoms with Gasteiger partial charge in [0.15, 0.2) is 0 Å². The van der Waals surface area contributed by atoms with E-state index in [1.807, 2.05) is 13.0 Å². The van der Waals surface area contributed by atoms with Crippen molar-refractivity contribution in [3.8, 4) is 0 Å². The number of aromatic amines is 1. The maximum Gasteiger partial charge on any atom is 0.251 e. The Labute approximate surface area is 137 Å². The number of rotatable bonds is 3. The van der Waals surface area contributed by atoms with Gasteiger partial charge in [-0.1, -0.05) is 19.1 Å². The fraction of sp³-hybridized carbons (Fsp3) is 0.471. The second kappa shape index (κ2) is 7.27. The normalized spacial score (nSPS) is 19.1. The molecule has 0 amide bonds. The highest BCUT2D eigenvalue weighted by Crippen LogP contribution is 2.16. The second-order valence-electron chi connectivity index (χ2n) is 5.92. The summed E-state index contributed by atoms with van der Waals surface area (Å²) in [5.74, 6) is 0. The van der Waals surface area contributed by atoms with Crippen LogP contribution in [0.3, 0.4) is 0 Å². The molecule has 0 unspecified atom stereocenters. The zero-order valence-corrected chi connectivity index (χ0v) is 14.0. The van der Waals surface area contributed by atoms with Gasteiger partial charge in [0.05, 0.1) is 0 Å². The van der Waals surface area contributed by atoms with E-state index in [-0.39, 0.29) is 18.0 Å². The summed E-state index contributed by atoms with van der Waals surface area (Å²) >= 11 is 0. The number of hydrogen-bond donors (Lipinski definition) is 2. The van der Waals surface area contributed by atoms with Crippen molar-refractivity contribution >= 4 is 23.3 Å². The van der Waals surface area contributed by atoms with Crippen molar-refractivity contribution in [2.45, 2.75) is 32.9 Å². The van der Waals surface area contributed by atoms with Crippen molar-refractivity contribution in [1.29, 1.82) is 0 Å². The summed E-state index contributed by atoms with van der Waals surface area (Å²) in [5, 5.41) is 4.53. The summed E-state index contributed by atoms with van der Waals surface area (Å²) in [5.41, 5.74) is 3.09. The van der Waals surface area contributed by atoms with Crippen LogP contribution < -0.4 is 10.9 Å². The van der Waals surface area contributed by atoms with Crippen LogP contribution >= 0.6 is 12.4 Å². The van der Waals surface area contributed by atoms with Crippen molar-refractivity contribution in [2.24, 2.45) is 0 Å². The Hall–Kier alpha value is -1.36. The van der Waals surface area contributed by atoms with E-state index in [0.717, 1.165) is 49.1 Å². The summed E-state index contributed by atoms with van der Waals surface area (Å²) in [7, 11) is 0. The van der Waals surface area contributed by atoms with E-state index in [0.29, 0.717) is 6.04 Å². The van der Waals surface area contributed by atoms with Crippen molar-refractivity contribution in [3.63, 3.8) is 0 Å². The molecular formula is C17H24ClN3O. The van der Waals surface area contributed by atoms with E-state index < -0.39 is 0 Å². The summed E-state index contributed by atoms with van der Waals surface area (Å²) in [6.45, 7) is 8.37. The first kappa shape index (κ1) is 17.0. The minimum Gasteiger partial charge on any atom is -0.322 e. The predicted octanol–water partition coefficient (Wildman–Crippen LogP) is 2.31.